The van der Waals surface area contributed by atoms with E-state index in [4.69, 9.17) is 4.74 Å². The van der Waals surface area contributed by atoms with Gasteiger partial charge in [-0.1, -0.05) is 6.08 Å². The molecule has 1 aliphatic heterocycles. The van der Waals surface area contributed by atoms with E-state index in [-0.39, 0.29) is 0 Å². The van der Waals surface area contributed by atoms with Crippen LogP contribution in [0.25, 0.3) is 0 Å². The van der Waals surface area contributed by atoms with E-state index < -0.39 is 0 Å². The quantitative estimate of drug-likeness (QED) is 0.506. The normalized spacial score (nSPS) is 27.1. The predicted molar refractivity (Wildman–Crippen MR) is 59.5 cm³/mol. The van der Waals surface area contributed by atoms with E-state index in [0.717, 1.165) is 26.2 Å². The summed E-state index contributed by atoms with van der Waals surface area (Å²) >= 11 is 0. The molecule has 2 atom stereocenters. The molecule has 1 saturated heterocycles. The molecule has 1 fully saturated rings. The molecule has 1 aliphatic rings. The van der Waals surface area contributed by atoms with E-state index in [1.165, 1.54) is 6.42 Å². The van der Waals surface area contributed by atoms with Gasteiger partial charge in [-0.15, -0.1) is 6.58 Å². The maximum absolute atomic E-state index is 5.54. The van der Waals surface area contributed by atoms with Crippen LogP contribution in [0.1, 0.15) is 13.3 Å². The lowest BCUT2D eigenvalue weighted by Crippen LogP contribution is -2.40. The number of hydrogen-bond donors (Lipinski definition) is 1. The van der Waals surface area contributed by atoms with E-state index in [1.807, 2.05) is 6.08 Å². The standard InChI is InChI=1S/C11H22N2O/c1-4-6-12-7-8-13(3)11-5-9-14-10(11)2/h4,10-12H,1,5-9H2,2-3H3. The van der Waals surface area contributed by atoms with Gasteiger partial charge in [0.2, 0.25) is 0 Å². The summed E-state index contributed by atoms with van der Waals surface area (Å²) in [5, 5.41) is 3.30. The third-order valence-electron chi connectivity index (χ3n) is 2.83. The molecule has 0 aromatic carbocycles. The molecular formula is C11H22N2O. The maximum atomic E-state index is 5.54. The molecule has 1 rings (SSSR count). The van der Waals surface area contributed by atoms with Crippen molar-refractivity contribution in [1.82, 2.24) is 10.2 Å². The summed E-state index contributed by atoms with van der Waals surface area (Å²) in [5.74, 6) is 0. The number of nitrogens with zero attached hydrogens (tertiary/aromatic N) is 1. The molecule has 0 bridgehead atoms. The average molecular weight is 198 g/mol. The number of likely N-dealkylation sites (N-methyl/N-ethyl adjacent to an activating group) is 1. The third kappa shape index (κ3) is 3.40. The summed E-state index contributed by atoms with van der Waals surface area (Å²) in [6.45, 7) is 9.73. The van der Waals surface area contributed by atoms with Crippen molar-refractivity contribution >= 4 is 0 Å². The zero-order valence-electron chi connectivity index (χ0n) is 9.33. The van der Waals surface area contributed by atoms with Crippen LogP contribution in [0, 0.1) is 0 Å². The first-order valence-electron chi connectivity index (χ1n) is 5.39. The van der Waals surface area contributed by atoms with Crippen molar-refractivity contribution in [3.8, 4) is 0 Å². The molecule has 0 aromatic heterocycles. The lowest BCUT2D eigenvalue weighted by molar-refractivity contribution is 0.0841. The zero-order valence-corrected chi connectivity index (χ0v) is 9.33. The highest BCUT2D eigenvalue weighted by molar-refractivity contribution is 4.80. The Balaban J connectivity index is 2.13. The fourth-order valence-corrected chi connectivity index (χ4v) is 1.92. The molecule has 0 amide bonds. The predicted octanol–water partition coefficient (Wildman–Crippen LogP) is 0.871. The van der Waals surface area contributed by atoms with Crippen LogP contribution in [0.4, 0.5) is 0 Å². The summed E-state index contributed by atoms with van der Waals surface area (Å²) in [4.78, 5) is 2.38. The van der Waals surface area contributed by atoms with Crippen LogP contribution in [0.2, 0.25) is 0 Å². The van der Waals surface area contributed by atoms with E-state index >= 15 is 0 Å². The van der Waals surface area contributed by atoms with Crippen molar-refractivity contribution in [1.29, 1.82) is 0 Å². The molecule has 14 heavy (non-hydrogen) atoms. The van der Waals surface area contributed by atoms with Crippen LogP contribution < -0.4 is 5.32 Å². The van der Waals surface area contributed by atoms with Gasteiger partial charge >= 0.3 is 0 Å². The monoisotopic (exact) mass is 198 g/mol. The van der Waals surface area contributed by atoms with Crippen LogP contribution in [0.3, 0.4) is 0 Å². The van der Waals surface area contributed by atoms with Crippen LogP contribution in [-0.4, -0.2) is 50.3 Å². The van der Waals surface area contributed by atoms with Crippen LogP contribution >= 0.6 is 0 Å². The Morgan fingerprint density at radius 1 is 1.64 bits per heavy atom. The second-order valence-corrected chi connectivity index (χ2v) is 3.91. The van der Waals surface area contributed by atoms with Crippen molar-refractivity contribution in [2.75, 3.05) is 33.3 Å². The maximum Gasteiger partial charge on any atom is 0.0702 e. The summed E-state index contributed by atoms with van der Waals surface area (Å²) in [6, 6.07) is 0.598. The first-order chi connectivity index (χ1) is 6.75. The van der Waals surface area contributed by atoms with E-state index in [9.17, 15) is 0 Å². The number of hydrogen-bond acceptors (Lipinski definition) is 3. The van der Waals surface area contributed by atoms with E-state index in [0.29, 0.717) is 12.1 Å². The van der Waals surface area contributed by atoms with Gasteiger partial charge in [0.05, 0.1) is 6.10 Å². The molecule has 1 heterocycles. The molecule has 0 saturated carbocycles. The second-order valence-electron chi connectivity index (χ2n) is 3.91. The largest absolute Gasteiger partial charge is 0.377 e. The molecule has 3 heteroatoms. The van der Waals surface area contributed by atoms with Gasteiger partial charge in [-0.2, -0.15) is 0 Å². The van der Waals surface area contributed by atoms with Gasteiger partial charge in [0.15, 0.2) is 0 Å². The van der Waals surface area contributed by atoms with Crippen LogP contribution in [-0.2, 0) is 4.74 Å². The number of rotatable bonds is 6. The highest BCUT2D eigenvalue weighted by Gasteiger charge is 2.27. The fraction of sp³-hybridized carbons (Fsp3) is 0.818. The van der Waals surface area contributed by atoms with Crippen LogP contribution in [0.15, 0.2) is 12.7 Å². The second kappa shape index (κ2) is 6.17. The molecule has 0 spiro atoms. The lowest BCUT2D eigenvalue weighted by Gasteiger charge is -2.26. The topological polar surface area (TPSA) is 24.5 Å². The smallest absolute Gasteiger partial charge is 0.0702 e. The minimum atomic E-state index is 0.388. The Morgan fingerprint density at radius 3 is 3.00 bits per heavy atom. The van der Waals surface area contributed by atoms with Crippen molar-refractivity contribution in [2.45, 2.75) is 25.5 Å². The summed E-state index contributed by atoms with van der Waals surface area (Å²) in [7, 11) is 2.17. The van der Waals surface area contributed by atoms with Gasteiger partial charge in [-0.05, 0) is 20.4 Å². The van der Waals surface area contributed by atoms with Crippen molar-refractivity contribution < 1.29 is 4.74 Å². The molecule has 1 N–H and O–H groups in total. The molecular weight excluding hydrogens is 176 g/mol. The van der Waals surface area contributed by atoms with Gasteiger partial charge < -0.3 is 10.1 Å². The molecule has 3 nitrogen and oxygen atoms in total. The minimum absolute atomic E-state index is 0.388. The minimum Gasteiger partial charge on any atom is -0.377 e. The first-order valence-corrected chi connectivity index (χ1v) is 5.39. The molecule has 82 valence electrons. The van der Waals surface area contributed by atoms with Gasteiger partial charge in [0, 0.05) is 32.3 Å². The first kappa shape index (κ1) is 11.7. The SMILES string of the molecule is C=CCNCCN(C)C1CCOC1C. The van der Waals surface area contributed by atoms with E-state index in [2.05, 4.69) is 30.8 Å². The lowest BCUT2D eigenvalue weighted by atomic mass is 10.1. The summed E-state index contributed by atoms with van der Waals surface area (Å²) < 4.78 is 5.54. The average Bonchev–Trinajstić information content (AvgIpc) is 2.59. The van der Waals surface area contributed by atoms with Crippen molar-refractivity contribution in [3.63, 3.8) is 0 Å². The number of nitrogens with one attached hydrogen (secondary N) is 1. The van der Waals surface area contributed by atoms with Gasteiger partial charge in [-0.3, -0.25) is 4.90 Å². The zero-order chi connectivity index (χ0) is 10.4. The third-order valence-corrected chi connectivity index (χ3v) is 2.83. The van der Waals surface area contributed by atoms with Crippen molar-refractivity contribution in [2.24, 2.45) is 0 Å². The Bertz CT molecular complexity index is 173. The molecule has 0 aliphatic carbocycles. The van der Waals surface area contributed by atoms with Crippen molar-refractivity contribution in [3.05, 3.63) is 12.7 Å². The highest BCUT2D eigenvalue weighted by atomic mass is 16.5. The number of ether oxygens (including phenoxy) is 1. The molecule has 0 aromatic rings. The Labute approximate surface area is 87.1 Å². The summed E-state index contributed by atoms with van der Waals surface area (Å²) in [6.07, 6.45) is 3.44. The van der Waals surface area contributed by atoms with Gasteiger partial charge in [-0.25, -0.2) is 0 Å². The Kier molecular flexibility index (Phi) is 5.15. The van der Waals surface area contributed by atoms with Crippen LogP contribution in [0.5, 0.6) is 0 Å². The molecule has 2 unspecified atom stereocenters. The highest BCUT2D eigenvalue weighted by Crippen LogP contribution is 2.17. The Morgan fingerprint density at radius 2 is 2.43 bits per heavy atom. The Hall–Kier alpha value is -0.380. The fourth-order valence-electron chi connectivity index (χ4n) is 1.92. The van der Waals surface area contributed by atoms with E-state index in [1.54, 1.807) is 0 Å². The van der Waals surface area contributed by atoms with Gasteiger partial charge in [0.1, 0.15) is 0 Å². The van der Waals surface area contributed by atoms with Gasteiger partial charge in [0.25, 0.3) is 0 Å². The summed E-state index contributed by atoms with van der Waals surface area (Å²) in [5.41, 5.74) is 0. The molecule has 0 radical (unpaired) electrons.